The second-order valence-corrected chi connectivity index (χ2v) is 2.63. The van der Waals surface area contributed by atoms with Gasteiger partial charge in [0.1, 0.15) is 17.8 Å². The van der Waals surface area contributed by atoms with Gasteiger partial charge < -0.3 is 10.5 Å². The number of hydrogen-bond donors (Lipinski definition) is 1. The molecule has 2 N–H and O–H groups in total. The highest BCUT2D eigenvalue weighted by atomic mass is 16.1. The molecule has 0 fully saturated rings. The van der Waals surface area contributed by atoms with E-state index in [4.69, 9.17) is 5.73 Å². The minimum Gasteiger partial charge on any atom is -0.384 e. The van der Waals surface area contributed by atoms with Gasteiger partial charge in [0.25, 0.3) is 0 Å². The number of aldehydes is 1. The van der Waals surface area contributed by atoms with Gasteiger partial charge in [-0.3, -0.25) is 0 Å². The molecule has 0 radical (unpaired) electrons. The lowest BCUT2D eigenvalue weighted by molar-refractivity contribution is -0.107. The van der Waals surface area contributed by atoms with E-state index in [2.05, 4.69) is 16.8 Å². The Bertz CT molecular complexity index is 354. The van der Waals surface area contributed by atoms with Crippen molar-refractivity contribution in [2.24, 2.45) is 0 Å². The van der Waals surface area contributed by atoms with Crippen molar-refractivity contribution in [3.63, 3.8) is 0 Å². The van der Waals surface area contributed by atoms with Crippen LogP contribution in [0.5, 0.6) is 0 Å². The van der Waals surface area contributed by atoms with Crippen LogP contribution in [0.2, 0.25) is 0 Å². The minimum atomic E-state index is 0.232. The summed E-state index contributed by atoms with van der Waals surface area (Å²) in [5.41, 5.74) is 7.14. The van der Waals surface area contributed by atoms with Crippen LogP contribution in [0, 0.1) is 18.8 Å². The molecule has 0 spiro atoms. The third-order valence-electron chi connectivity index (χ3n) is 1.39. The van der Waals surface area contributed by atoms with E-state index in [1.807, 2.05) is 13.0 Å². The first-order chi connectivity index (χ1) is 6.22. The van der Waals surface area contributed by atoms with E-state index in [1.165, 1.54) is 0 Å². The average Bonchev–Trinajstić information content (AvgIpc) is 2.03. The molecule has 1 rings (SSSR count). The lowest BCUT2D eigenvalue weighted by Crippen LogP contribution is -1.93. The number of aryl methyl sites for hydroxylation is 1. The van der Waals surface area contributed by atoms with Crippen molar-refractivity contribution in [1.29, 1.82) is 0 Å². The maximum absolute atomic E-state index is 9.98. The Labute approximate surface area is 77.0 Å². The third-order valence-corrected chi connectivity index (χ3v) is 1.39. The number of nitrogens with two attached hydrogens (primary N) is 1. The summed E-state index contributed by atoms with van der Waals surface area (Å²) >= 11 is 0. The molecule has 0 aliphatic rings. The molecule has 1 aromatic heterocycles. The van der Waals surface area contributed by atoms with Crippen molar-refractivity contribution in [2.45, 2.75) is 13.3 Å². The van der Waals surface area contributed by atoms with Crippen LogP contribution < -0.4 is 5.73 Å². The molecular weight excluding hydrogens is 164 g/mol. The molecule has 0 amide bonds. The molecule has 3 nitrogen and oxygen atoms in total. The SMILES string of the molecule is Cc1cc(N)nc(C#CCC=O)c1. The molecule has 1 aromatic rings. The van der Waals surface area contributed by atoms with Gasteiger partial charge in [-0.2, -0.15) is 0 Å². The van der Waals surface area contributed by atoms with E-state index in [0.29, 0.717) is 11.5 Å². The number of anilines is 1. The zero-order chi connectivity index (χ0) is 9.68. The van der Waals surface area contributed by atoms with E-state index in [0.717, 1.165) is 11.8 Å². The standard InChI is InChI=1S/C10H10N2O/c1-8-6-9(4-2-3-5-13)12-10(11)7-8/h5-7H,3H2,1H3,(H2,11,12). The Hall–Kier alpha value is -1.82. The summed E-state index contributed by atoms with van der Waals surface area (Å²) in [6.45, 7) is 1.92. The van der Waals surface area contributed by atoms with Crippen LogP contribution >= 0.6 is 0 Å². The Kier molecular flexibility index (Phi) is 3.04. The van der Waals surface area contributed by atoms with Gasteiger partial charge in [0, 0.05) is 0 Å². The summed E-state index contributed by atoms with van der Waals surface area (Å²) in [6.07, 6.45) is 0.988. The normalized spacial score (nSPS) is 8.69. The lowest BCUT2D eigenvalue weighted by Gasteiger charge is -1.96. The van der Waals surface area contributed by atoms with Crippen LogP contribution in [0.1, 0.15) is 17.7 Å². The van der Waals surface area contributed by atoms with Gasteiger partial charge in [0.05, 0.1) is 6.42 Å². The second kappa shape index (κ2) is 4.27. The number of nitrogens with zero attached hydrogens (tertiary/aromatic N) is 1. The summed E-state index contributed by atoms with van der Waals surface area (Å²) in [5.74, 6) is 5.88. The minimum absolute atomic E-state index is 0.232. The number of aromatic nitrogens is 1. The number of hydrogen-bond acceptors (Lipinski definition) is 3. The maximum atomic E-state index is 9.98. The molecule has 66 valence electrons. The molecule has 13 heavy (non-hydrogen) atoms. The Balaban J connectivity index is 2.90. The van der Waals surface area contributed by atoms with Gasteiger partial charge in [-0.05, 0) is 30.5 Å². The largest absolute Gasteiger partial charge is 0.384 e. The number of pyridine rings is 1. The number of rotatable bonds is 1. The highest BCUT2D eigenvalue weighted by Gasteiger charge is 1.92. The van der Waals surface area contributed by atoms with E-state index in [9.17, 15) is 4.79 Å². The summed E-state index contributed by atoms with van der Waals surface area (Å²) in [4.78, 5) is 14.0. The Morgan fingerprint density at radius 2 is 2.38 bits per heavy atom. The molecule has 0 aliphatic carbocycles. The molecule has 0 aliphatic heterocycles. The molecule has 0 aromatic carbocycles. The van der Waals surface area contributed by atoms with Crippen LogP contribution in [0.3, 0.4) is 0 Å². The quantitative estimate of drug-likeness (QED) is 0.508. The van der Waals surface area contributed by atoms with E-state index in [1.54, 1.807) is 6.07 Å². The van der Waals surface area contributed by atoms with E-state index < -0.39 is 0 Å². The molecule has 1 heterocycles. The Morgan fingerprint density at radius 3 is 3.00 bits per heavy atom. The maximum Gasteiger partial charge on any atom is 0.131 e. The molecule has 3 heteroatoms. The zero-order valence-electron chi connectivity index (χ0n) is 7.37. The molecule has 0 unspecified atom stereocenters. The molecule has 0 bridgehead atoms. The molecule has 0 saturated heterocycles. The molecular formula is C10H10N2O. The van der Waals surface area contributed by atoms with Crippen molar-refractivity contribution >= 4 is 12.1 Å². The van der Waals surface area contributed by atoms with Gasteiger partial charge in [0.15, 0.2) is 0 Å². The van der Waals surface area contributed by atoms with Crippen molar-refractivity contribution in [3.8, 4) is 11.8 Å². The highest BCUT2D eigenvalue weighted by molar-refractivity contribution is 5.54. The second-order valence-electron chi connectivity index (χ2n) is 2.63. The fraction of sp³-hybridized carbons (Fsp3) is 0.200. The van der Waals surface area contributed by atoms with Crippen LogP contribution in [0.4, 0.5) is 5.82 Å². The zero-order valence-corrected chi connectivity index (χ0v) is 7.37. The number of carbonyl (C=O) groups excluding carboxylic acids is 1. The highest BCUT2D eigenvalue weighted by Crippen LogP contribution is 2.04. The molecule has 0 atom stereocenters. The summed E-state index contributed by atoms with van der Waals surface area (Å²) in [5, 5.41) is 0. The predicted molar refractivity (Wildman–Crippen MR) is 50.9 cm³/mol. The van der Waals surface area contributed by atoms with Gasteiger partial charge in [0.2, 0.25) is 0 Å². The number of nitrogen functional groups attached to an aromatic ring is 1. The van der Waals surface area contributed by atoms with Gasteiger partial charge in [-0.25, -0.2) is 4.98 Å². The predicted octanol–water partition coefficient (Wildman–Crippen LogP) is 0.913. The lowest BCUT2D eigenvalue weighted by atomic mass is 10.2. The smallest absolute Gasteiger partial charge is 0.131 e. The Morgan fingerprint density at radius 1 is 1.62 bits per heavy atom. The van der Waals surface area contributed by atoms with Gasteiger partial charge in [-0.1, -0.05) is 5.92 Å². The summed E-state index contributed by atoms with van der Waals surface area (Å²) in [6, 6.07) is 3.60. The third kappa shape index (κ3) is 2.96. The van der Waals surface area contributed by atoms with E-state index in [-0.39, 0.29) is 6.42 Å². The average molecular weight is 174 g/mol. The molecule has 0 saturated carbocycles. The van der Waals surface area contributed by atoms with Crippen LogP contribution in [-0.4, -0.2) is 11.3 Å². The van der Waals surface area contributed by atoms with Gasteiger partial charge >= 0.3 is 0 Å². The van der Waals surface area contributed by atoms with Crippen molar-refractivity contribution in [2.75, 3.05) is 5.73 Å². The van der Waals surface area contributed by atoms with Gasteiger partial charge in [-0.15, -0.1) is 0 Å². The summed E-state index contributed by atoms with van der Waals surface area (Å²) < 4.78 is 0. The monoisotopic (exact) mass is 174 g/mol. The van der Waals surface area contributed by atoms with Crippen molar-refractivity contribution in [1.82, 2.24) is 4.98 Å². The summed E-state index contributed by atoms with van der Waals surface area (Å²) in [7, 11) is 0. The fourth-order valence-corrected chi connectivity index (χ4v) is 0.942. The van der Waals surface area contributed by atoms with Crippen molar-refractivity contribution < 1.29 is 4.79 Å². The van der Waals surface area contributed by atoms with Crippen LogP contribution in [0.25, 0.3) is 0 Å². The number of carbonyl (C=O) groups is 1. The topological polar surface area (TPSA) is 56.0 Å². The first-order valence-electron chi connectivity index (χ1n) is 3.89. The van der Waals surface area contributed by atoms with Crippen LogP contribution in [0.15, 0.2) is 12.1 Å². The van der Waals surface area contributed by atoms with Crippen molar-refractivity contribution in [3.05, 3.63) is 23.4 Å². The van der Waals surface area contributed by atoms with Crippen LogP contribution in [-0.2, 0) is 4.79 Å². The first-order valence-corrected chi connectivity index (χ1v) is 3.89. The van der Waals surface area contributed by atoms with E-state index >= 15 is 0 Å². The fourth-order valence-electron chi connectivity index (χ4n) is 0.942. The first kappa shape index (κ1) is 9.27.